The molecule has 0 aliphatic rings. The van der Waals surface area contributed by atoms with E-state index in [0.717, 1.165) is 15.0 Å². The van der Waals surface area contributed by atoms with Crippen LogP contribution >= 0.6 is 23.1 Å². The third kappa shape index (κ3) is 6.23. The first-order valence-corrected chi connectivity index (χ1v) is 9.75. The third-order valence-corrected chi connectivity index (χ3v) is 5.33. The summed E-state index contributed by atoms with van der Waals surface area (Å²) in [5.74, 6) is 1.65. The minimum Gasteiger partial charge on any atom is -0.493 e. The molecule has 0 aliphatic carbocycles. The molecule has 0 aliphatic heterocycles. The molecule has 0 fully saturated rings. The molecular formula is C17H22N4O3S2. The lowest BCUT2D eigenvalue weighted by Gasteiger charge is -2.10. The van der Waals surface area contributed by atoms with Crippen LogP contribution in [-0.4, -0.2) is 49.2 Å². The van der Waals surface area contributed by atoms with E-state index in [2.05, 4.69) is 27.4 Å². The van der Waals surface area contributed by atoms with Gasteiger partial charge in [0.1, 0.15) is 0 Å². The van der Waals surface area contributed by atoms with Gasteiger partial charge in [-0.2, -0.15) is 0 Å². The van der Waals surface area contributed by atoms with Crippen LogP contribution in [0.5, 0.6) is 11.5 Å². The summed E-state index contributed by atoms with van der Waals surface area (Å²) >= 11 is 2.79. The van der Waals surface area contributed by atoms with Gasteiger partial charge < -0.3 is 20.1 Å². The molecule has 1 amide bonds. The summed E-state index contributed by atoms with van der Waals surface area (Å²) in [4.78, 5) is 12.0. The van der Waals surface area contributed by atoms with Gasteiger partial charge in [0.25, 0.3) is 0 Å². The van der Waals surface area contributed by atoms with Gasteiger partial charge >= 0.3 is 0 Å². The summed E-state index contributed by atoms with van der Waals surface area (Å²) in [6.45, 7) is 4.82. The van der Waals surface area contributed by atoms with E-state index in [1.165, 1.54) is 23.1 Å². The highest BCUT2D eigenvalue weighted by molar-refractivity contribution is 8.01. The molecule has 26 heavy (non-hydrogen) atoms. The van der Waals surface area contributed by atoms with Crippen molar-refractivity contribution in [2.75, 3.05) is 38.4 Å². The normalized spacial score (nSPS) is 10.2. The first-order valence-electron chi connectivity index (χ1n) is 7.95. The van der Waals surface area contributed by atoms with Crippen molar-refractivity contribution in [1.82, 2.24) is 15.5 Å². The second kappa shape index (κ2) is 10.7. The first-order chi connectivity index (χ1) is 12.7. The maximum atomic E-state index is 12.0. The van der Waals surface area contributed by atoms with E-state index in [0.29, 0.717) is 36.8 Å². The monoisotopic (exact) mass is 394 g/mol. The molecule has 0 unspecified atom stereocenters. The Bertz CT molecular complexity index is 737. The van der Waals surface area contributed by atoms with E-state index < -0.39 is 0 Å². The van der Waals surface area contributed by atoms with Gasteiger partial charge in [0.2, 0.25) is 11.0 Å². The summed E-state index contributed by atoms with van der Waals surface area (Å²) in [6.07, 6.45) is 2.46. The Hall–Kier alpha value is -2.26. The molecule has 7 nitrogen and oxygen atoms in total. The number of ether oxygens (including phenoxy) is 2. The summed E-state index contributed by atoms with van der Waals surface area (Å²) < 4.78 is 11.3. The zero-order chi connectivity index (χ0) is 18.8. The van der Waals surface area contributed by atoms with E-state index in [9.17, 15) is 4.79 Å². The lowest BCUT2D eigenvalue weighted by molar-refractivity contribution is -0.118. The van der Waals surface area contributed by atoms with Crippen LogP contribution in [-0.2, 0) is 11.2 Å². The number of anilines is 1. The molecular weight excluding hydrogens is 372 g/mol. The molecule has 0 atom stereocenters. The van der Waals surface area contributed by atoms with Gasteiger partial charge in [-0.1, -0.05) is 35.2 Å². The van der Waals surface area contributed by atoms with Crippen LogP contribution < -0.4 is 20.1 Å². The largest absolute Gasteiger partial charge is 0.493 e. The summed E-state index contributed by atoms with van der Waals surface area (Å²) in [5.41, 5.74) is 1.07. The van der Waals surface area contributed by atoms with Gasteiger partial charge in [0, 0.05) is 13.1 Å². The molecule has 9 heteroatoms. The van der Waals surface area contributed by atoms with Crippen molar-refractivity contribution >= 4 is 34.1 Å². The van der Waals surface area contributed by atoms with Crippen molar-refractivity contribution in [2.45, 2.75) is 10.8 Å². The predicted octanol–water partition coefficient (Wildman–Crippen LogP) is 2.60. The number of methoxy groups -OCH3 is 2. The fraction of sp³-hybridized carbons (Fsp3) is 0.353. The fourth-order valence-corrected chi connectivity index (χ4v) is 3.65. The van der Waals surface area contributed by atoms with Crippen LogP contribution in [0.15, 0.2) is 35.2 Å². The molecule has 0 saturated heterocycles. The van der Waals surface area contributed by atoms with E-state index in [-0.39, 0.29) is 5.91 Å². The fourth-order valence-electron chi connectivity index (χ4n) is 2.06. The molecule has 0 saturated carbocycles. The molecule has 0 radical (unpaired) electrons. The van der Waals surface area contributed by atoms with Crippen molar-refractivity contribution < 1.29 is 14.3 Å². The summed E-state index contributed by atoms with van der Waals surface area (Å²) in [5, 5.41) is 14.7. The van der Waals surface area contributed by atoms with Crippen molar-refractivity contribution in [1.29, 1.82) is 0 Å². The van der Waals surface area contributed by atoms with Crippen molar-refractivity contribution in [3.05, 3.63) is 36.4 Å². The van der Waals surface area contributed by atoms with Gasteiger partial charge in [-0.3, -0.25) is 4.79 Å². The van der Waals surface area contributed by atoms with Gasteiger partial charge in [0.15, 0.2) is 15.8 Å². The number of hydrogen-bond acceptors (Lipinski definition) is 8. The van der Waals surface area contributed by atoms with Gasteiger partial charge in [-0.25, -0.2) is 0 Å². The highest BCUT2D eigenvalue weighted by Crippen LogP contribution is 2.27. The smallest absolute Gasteiger partial charge is 0.230 e. The van der Waals surface area contributed by atoms with Crippen molar-refractivity contribution in [3.63, 3.8) is 0 Å². The van der Waals surface area contributed by atoms with E-state index in [1.807, 2.05) is 18.2 Å². The van der Waals surface area contributed by atoms with Crippen molar-refractivity contribution in [3.8, 4) is 11.5 Å². The summed E-state index contributed by atoms with van der Waals surface area (Å²) in [7, 11) is 3.21. The van der Waals surface area contributed by atoms with Crippen molar-refractivity contribution in [2.24, 2.45) is 0 Å². The van der Waals surface area contributed by atoms with Gasteiger partial charge in [0.05, 0.1) is 20.0 Å². The number of amides is 1. The number of hydrogen-bond donors (Lipinski definition) is 2. The Morgan fingerprint density at radius 1 is 1.31 bits per heavy atom. The second-order valence-corrected chi connectivity index (χ2v) is 7.32. The number of benzene rings is 1. The quantitative estimate of drug-likeness (QED) is 0.447. The van der Waals surface area contributed by atoms with Crippen LogP contribution in [0.4, 0.5) is 5.13 Å². The zero-order valence-corrected chi connectivity index (χ0v) is 16.4. The molecule has 0 spiro atoms. The average Bonchev–Trinajstić information content (AvgIpc) is 3.12. The highest BCUT2D eigenvalue weighted by Gasteiger charge is 2.08. The van der Waals surface area contributed by atoms with Crippen LogP contribution in [0.25, 0.3) is 0 Å². The minimum atomic E-state index is -0.0359. The number of carbonyl (C=O) groups excluding carboxylic acids is 1. The lowest BCUT2D eigenvalue weighted by Crippen LogP contribution is -2.27. The van der Waals surface area contributed by atoms with Crippen LogP contribution in [0.1, 0.15) is 5.56 Å². The highest BCUT2D eigenvalue weighted by atomic mass is 32.2. The maximum Gasteiger partial charge on any atom is 0.230 e. The Kier molecular flexibility index (Phi) is 8.23. The maximum absolute atomic E-state index is 12.0. The molecule has 1 aromatic carbocycles. The molecule has 0 bridgehead atoms. The first kappa shape index (κ1) is 20.1. The lowest BCUT2D eigenvalue weighted by atomic mass is 10.1. The predicted molar refractivity (Wildman–Crippen MR) is 106 cm³/mol. The van der Waals surface area contributed by atoms with Gasteiger partial charge in [-0.05, 0) is 24.1 Å². The number of aromatic nitrogens is 2. The third-order valence-electron chi connectivity index (χ3n) is 3.31. The topological polar surface area (TPSA) is 85.4 Å². The number of carbonyl (C=O) groups is 1. The molecule has 2 N–H and O–H groups in total. The summed E-state index contributed by atoms with van der Waals surface area (Å²) in [6, 6.07) is 5.74. The molecule has 2 aromatic rings. The Balaban J connectivity index is 1.72. The number of nitrogens with zero attached hydrogens (tertiary/aromatic N) is 2. The second-order valence-electron chi connectivity index (χ2n) is 5.12. The molecule has 140 valence electrons. The molecule has 1 aromatic heterocycles. The van der Waals surface area contributed by atoms with Crippen LogP contribution in [0.2, 0.25) is 0 Å². The van der Waals surface area contributed by atoms with E-state index in [4.69, 9.17) is 9.47 Å². The van der Waals surface area contributed by atoms with Crippen LogP contribution in [0, 0.1) is 0 Å². The Morgan fingerprint density at radius 2 is 2.12 bits per heavy atom. The van der Waals surface area contributed by atoms with E-state index >= 15 is 0 Å². The molecule has 1 heterocycles. The number of nitrogens with one attached hydrogen (secondary N) is 2. The van der Waals surface area contributed by atoms with Crippen LogP contribution in [0.3, 0.4) is 0 Å². The molecule has 2 rings (SSSR count). The standard InChI is InChI=1S/C17H22N4O3S2/c1-4-8-19-16-20-21-17(26-16)25-11-15(22)18-9-7-12-5-6-13(23-2)14(10-12)24-3/h4-6,10H,1,7-9,11H2,2-3H3,(H,18,22)(H,19,20). The number of thioether (sulfide) groups is 1. The minimum absolute atomic E-state index is 0.0359. The Labute approximate surface area is 161 Å². The Morgan fingerprint density at radius 3 is 2.85 bits per heavy atom. The van der Waals surface area contributed by atoms with Gasteiger partial charge in [-0.15, -0.1) is 16.8 Å². The zero-order valence-electron chi connectivity index (χ0n) is 14.8. The number of rotatable bonds is 11. The van der Waals surface area contributed by atoms with E-state index in [1.54, 1.807) is 20.3 Å². The SMILES string of the molecule is C=CCNc1nnc(SCC(=O)NCCc2ccc(OC)c(OC)c2)s1. The average molecular weight is 395 g/mol.